The van der Waals surface area contributed by atoms with E-state index in [-0.39, 0.29) is 19.7 Å². The van der Waals surface area contributed by atoms with Gasteiger partial charge in [0.1, 0.15) is 5.60 Å². The lowest BCUT2D eigenvalue weighted by Crippen LogP contribution is -2.40. The fourth-order valence-corrected chi connectivity index (χ4v) is 2.97. The number of rotatable bonds is 7. The van der Waals surface area contributed by atoms with Crippen molar-refractivity contribution < 1.29 is 27.5 Å². The lowest BCUT2D eigenvalue weighted by molar-refractivity contribution is 0.0517. The average Bonchev–Trinajstić information content (AvgIpc) is 2.49. The van der Waals surface area contributed by atoms with Gasteiger partial charge in [-0.2, -0.15) is 0 Å². The molecule has 0 unspecified atom stereocenters. The third kappa shape index (κ3) is 7.30. The second kappa shape index (κ2) is 8.88. The molecule has 1 aromatic rings. The minimum Gasteiger partial charge on any atom is -0.462 e. The highest BCUT2D eigenvalue weighted by atomic mass is 32.2. The van der Waals surface area contributed by atoms with E-state index in [1.165, 1.54) is 24.3 Å². The number of sulfonamides is 1. The highest BCUT2D eigenvalue weighted by Gasteiger charge is 2.20. The zero-order valence-corrected chi connectivity index (χ0v) is 16.6. The van der Waals surface area contributed by atoms with Crippen LogP contribution in [0.25, 0.3) is 0 Å². The summed E-state index contributed by atoms with van der Waals surface area (Å²) in [6.45, 7) is 7.27. The lowest BCUT2D eigenvalue weighted by Gasteiger charge is -2.24. The van der Waals surface area contributed by atoms with E-state index in [9.17, 15) is 18.0 Å². The molecule has 146 valence electrons. The molecule has 0 atom stereocenters. The zero-order chi connectivity index (χ0) is 20.0. The predicted molar refractivity (Wildman–Crippen MR) is 98.8 cm³/mol. The van der Waals surface area contributed by atoms with E-state index < -0.39 is 27.7 Å². The maximum atomic E-state index is 12.0. The first-order chi connectivity index (χ1) is 11.9. The van der Waals surface area contributed by atoms with E-state index in [1.807, 2.05) is 0 Å². The number of nitrogens with zero attached hydrogens (tertiary/aromatic N) is 1. The number of carbonyl (C=O) groups excluding carboxylic acids is 2. The van der Waals surface area contributed by atoms with E-state index in [0.29, 0.717) is 11.3 Å². The Morgan fingerprint density at radius 3 is 2.19 bits per heavy atom. The molecule has 26 heavy (non-hydrogen) atoms. The van der Waals surface area contributed by atoms with Crippen molar-refractivity contribution in [3.05, 3.63) is 29.8 Å². The summed E-state index contributed by atoms with van der Waals surface area (Å²) in [6.07, 6.45) is 0.448. The molecule has 0 saturated carbocycles. The molecule has 0 heterocycles. The molecular weight excluding hydrogens is 360 g/mol. The maximum Gasteiger partial charge on any atom is 0.407 e. The first-order valence-corrected chi connectivity index (χ1v) is 10.0. The van der Waals surface area contributed by atoms with Crippen LogP contribution in [0.2, 0.25) is 0 Å². The molecule has 0 spiro atoms. The Balaban J connectivity index is 2.79. The number of esters is 1. The largest absolute Gasteiger partial charge is 0.462 e. The summed E-state index contributed by atoms with van der Waals surface area (Å²) < 4.78 is 35.2. The highest BCUT2D eigenvalue weighted by Crippen LogP contribution is 2.18. The van der Waals surface area contributed by atoms with E-state index in [0.717, 1.165) is 10.6 Å². The van der Waals surface area contributed by atoms with Crippen molar-refractivity contribution in [1.82, 2.24) is 5.32 Å². The highest BCUT2D eigenvalue weighted by molar-refractivity contribution is 7.92. The first kappa shape index (κ1) is 21.8. The van der Waals surface area contributed by atoms with Gasteiger partial charge < -0.3 is 14.8 Å². The molecule has 0 saturated heterocycles. The van der Waals surface area contributed by atoms with Gasteiger partial charge in [-0.3, -0.25) is 4.31 Å². The summed E-state index contributed by atoms with van der Waals surface area (Å²) in [4.78, 5) is 23.3. The number of hydrogen-bond acceptors (Lipinski definition) is 6. The van der Waals surface area contributed by atoms with Crippen LogP contribution in [0.4, 0.5) is 10.5 Å². The van der Waals surface area contributed by atoms with Crippen LogP contribution in [0.3, 0.4) is 0 Å². The van der Waals surface area contributed by atoms with Crippen LogP contribution in [-0.4, -0.2) is 52.0 Å². The summed E-state index contributed by atoms with van der Waals surface area (Å²) >= 11 is 0. The van der Waals surface area contributed by atoms with E-state index in [2.05, 4.69) is 5.32 Å². The van der Waals surface area contributed by atoms with Gasteiger partial charge in [0.15, 0.2) is 0 Å². The summed E-state index contributed by atoms with van der Waals surface area (Å²) in [5, 5.41) is 2.52. The van der Waals surface area contributed by atoms with Gasteiger partial charge in [0.05, 0.1) is 30.7 Å². The van der Waals surface area contributed by atoms with Gasteiger partial charge in [0.2, 0.25) is 10.0 Å². The maximum absolute atomic E-state index is 12.0. The SMILES string of the molecule is CCOC(=O)c1ccc(N(CCNC(=O)OC(C)(C)C)S(C)(=O)=O)cc1. The number of nitrogens with one attached hydrogen (secondary N) is 1. The smallest absolute Gasteiger partial charge is 0.407 e. The second-order valence-corrected chi connectivity index (χ2v) is 8.44. The Labute approximate surface area is 154 Å². The van der Waals surface area contributed by atoms with E-state index >= 15 is 0 Å². The van der Waals surface area contributed by atoms with Crippen molar-refractivity contribution in [1.29, 1.82) is 0 Å². The van der Waals surface area contributed by atoms with E-state index in [4.69, 9.17) is 9.47 Å². The van der Waals surface area contributed by atoms with Gasteiger partial charge in [-0.25, -0.2) is 18.0 Å². The second-order valence-electron chi connectivity index (χ2n) is 6.53. The van der Waals surface area contributed by atoms with Crippen molar-refractivity contribution in [3.63, 3.8) is 0 Å². The molecular formula is C17H26N2O6S. The molecule has 0 aliphatic carbocycles. The van der Waals surface area contributed by atoms with Gasteiger partial charge >= 0.3 is 12.1 Å². The Hall–Kier alpha value is -2.29. The first-order valence-electron chi connectivity index (χ1n) is 8.16. The number of amides is 1. The number of alkyl carbamates (subject to hydrolysis) is 1. The fourth-order valence-electron chi connectivity index (χ4n) is 2.04. The number of hydrogen-bond donors (Lipinski definition) is 1. The van der Waals surface area contributed by atoms with Gasteiger partial charge in [-0.15, -0.1) is 0 Å². The quantitative estimate of drug-likeness (QED) is 0.721. The molecule has 9 heteroatoms. The number of anilines is 1. The van der Waals surface area contributed by atoms with Crippen LogP contribution in [0.1, 0.15) is 38.1 Å². The number of carbonyl (C=O) groups is 2. The molecule has 0 bridgehead atoms. The van der Waals surface area contributed by atoms with Gasteiger partial charge in [-0.1, -0.05) is 0 Å². The topological polar surface area (TPSA) is 102 Å². The molecule has 0 aliphatic rings. The minimum absolute atomic E-state index is 0.0246. The summed E-state index contributed by atoms with van der Waals surface area (Å²) in [7, 11) is -3.57. The Kier molecular flexibility index (Phi) is 7.43. The van der Waals surface area contributed by atoms with E-state index in [1.54, 1.807) is 27.7 Å². The van der Waals surface area contributed by atoms with Crippen molar-refractivity contribution in [2.45, 2.75) is 33.3 Å². The van der Waals surface area contributed by atoms with Gasteiger partial charge in [0, 0.05) is 6.54 Å². The zero-order valence-electron chi connectivity index (χ0n) is 15.7. The molecule has 1 rings (SSSR count). The molecule has 1 amide bonds. The van der Waals surface area contributed by atoms with Crippen molar-refractivity contribution >= 4 is 27.8 Å². The third-order valence-electron chi connectivity index (χ3n) is 3.05. The third-order valence-corrected chi connectivity index (χ3v) is 4.24. The van der Waals surface area contributed by atoms with Crippen LogP contribution in [-0.2, 0) is 19.5 Å². The van der Waals surface area contributed by atoms with Crippen molar-refractivity contribution in [2.75, 3.05) is 30.3 Å². The van der Waals surface area contributed by atoms with Gasteiger partial charge in [0.25, 0.3) is 0 Å². The molecule has 0 radical (unpaired) electrons. The Bertz CT molecular complexity index is 723. The number of ether oxygens (including phenoxy) is 2. The monoisotopic (exact) mass is 386 g/mol. The fraction of sp³-hybridized carbons (Fsp3) is 0.529. The number of benzene rings is 1. The normalized spacial score (nSPS) is 11.6. The summed E-state index contributed by atoms with van der Waals surface area (Å²) in [6, 6.07) is 6.02. The lowest BCUT2D eigenvalue weighted by atomic mass is 10.2. The molecule has 8 nitrogen and oxygen atoms in total. The van der Waals surface area contributed by atoms with Crippen LogP contribution in [0.5, 0.6) is 0 Å². The molecule has 1 N–H and O–H groups in total. The van der Waals surface area contributed by atoms with Crippen LogP contribution >= 0.6 is 0 Å². The standard InChI is InChI=1S/C17H26N2O6S/c1-6-24-15(20)13-7-9-14(10-8-13)19(26(5,22)23)12-11-18-16(21)25-17(2,3)4/h7-10H,6,11-12H2,1-5H3,(H,18,21). The molecule has 0 aromatic heterocycles. The Morgan fingerprint density at radius 2 is 1.73 bits per heavy atom. The molecule has 0 aliphatic heterocycles. The van der Waals surface area contributed by atoms with Crippen LogP contribution < -0.4 is 9.62 Å². The van der Waals surface area contributed by atoms with Crippen molar-refractivity contribution in [3.8, 4) is 0 Å². The van der Waals surface area contributed by atoms with Gasteiger partial charge in [-0.05, 0) is 52.0 Å². The molecule has 0 fully saturated rings. The summed E-state index contributed by atoms with van der Waals surface area (Å²) in [5.74, 6) is -0.475. The van der Waals surface area contributed by atoms with Crippen molar-refractivity contribution in [2.24, 2.45) is 0 Å². The Morgan fingerprint density at radius 1 is 1.15 bits per heavy atom. The van der Waals surface area contributed by atoms with Crippen LogP contribution in [0, 0.1) is 0 Å². The predicted octanol–water partition coefficient (Wildman–Crippen LogP) is 2.15. The van der Waals surface area contributed by atoms with Crippen LogP contribution in [0.15, 0.2) is 24.3 Å². The minimum atomic E-state index is -3.57. The molecule has 1 aromatic carbocycles. The average molecular weight is 386 g/mol. The summed E-state index contributed by atoms with van der Waals surface area (Å²) in [5.41, 5.74) is 0.0752.